The Morgan fingerprint density at radius 3 is 3.05 bits per heavy atom. The van der Waals surface area contributed by atoms with Gasteiger partial charge in [0, 0.05) is 36.9 Å². The first-order valence-corrected chi connectivity index (χ1v) is 7.29. The molecule has 0 aliphatic carbocycles. The Morgan fingerprint density at radius 2 is 2.41 bits per heavy atom. The van der Waals surface area contributed by atoms with Crippen LogP contribution >= 0.6 is 0 Å². The van der Waals surface area contributed by atoms with Crippen molar-refractivity contribution in [3.8, 4) is 6.07 Å². The number of nitro groups is 1. The van der Waals surface area contributed by atoms with Crippen molar-refractivity contribution < 1.29 is 9.66 Å². The van der Waals surface area contributed by atoms with E-state index in [0.29, 0.717) is 18.6 Å². The van der Waals surface area contributed by atoms with E-state index in [9.17, 15) is 10.1 Å². The van der Waals surface area contributed by atoms with E-state index < -0.39 is 4.92 Å². The Kier molecular flexibility index (Phi) is 5.31. The molecule has 1 heterocycles. The molecule has 1 saturated heterocycles. The third-order valence-corrected chi connectivity index (χ3v) is 3.90. The van der Waals surface area contributed by atoms with Crippen LogP contribution in [0, 0.1) is 21.4 Å². The zero-order valence-electron chi connectivity index (χ0n) is 12.8. The minimum absolute atomic E-state index is 0.0717. The first-order chi connectivity index (χ1) is 10.5. The fourth-order valence-electron chi connectivity index (χ4n) is 2.67. The SMILES string of the molecule is C[C@H](CNc1ccc([N+](=O)[O-])c(C#N)c1)N1CCOC[C@H]1C. The molecule has 1 aliphatic rings. The molecular weight excluding hydrogens is 284 g/mol. The fourth-order valence-corrected chi connectivity index (χ4v) is 2.67. The zero-order valence-corrected chi connectivity index (χ0v) is 12.8. The van der Waals surface area contributed by atoms with E-state index in [4.69, 9.17) is 10.00 Å². The summed E-state index contributed by atoms with van der Waals surface area (Å²) in [6.07, 6.45) is 0. The van der Waals surface area contributed by atoms with Gasteiger partial charge in [-0.25, -0.2) is 0 Å². The molecule has 1 aromatic rings. The maximum atomic E-state index is 10.8. The molecular formula is C15H20N4O3. The van der Waals surface area contributed by atoms with Crippen molar-refractivity contribution in [3.05, 3.63) is 33.9 Å². The average Bonchev–Trinajstić information content (AvgIpc) is 2.52. The molecule has 7 heteroatoms. The van der Waals surface area contributed by atoms with Crippen molar-refractivity contribution in [2.45, 2.75) is 25.9 Å². The highest BCUT2D eigenvalue weighted by Crippen LogP contribution is 2.22. The Labute approximate surface area is 129 Å². The van der Waals surface area contributed by atoms with Crippen LogP contribution < -0.4 is 5.32 Å². The van der Waals surface area contributed by atoms with Crippen molar-refractivity contribution in [1.29, 1.82) is 5.26 Å². The molecule has 0 bridgehead atoms. The number of nitrogens with zero attached hydrogens (tertiary/aromatic N) is 3. The van der Waals surface area contributed by atoms with Gasteiger partial charge in [-0.2, -0.15) is 5.26 Å². The molecule has 0 aromatic heterocycles. The lowest BCUT2D eigenvalue weighted by atomic mass is 10.1. The predicted octanol–water partition coefficient (Wildman–Crippen LogP) is 1.99. The van der Waals surface area contributed by atoms with Gasteiger partial charge in [-0.1, -0.05) is 0 Å². The number of hydrogen-bond acceptors (Lipinski definition) is 6. The molecule has 2 rings (SSSR count). The number of morpholine rings is 1. The van der Waals surface area contributed by atoms with Crippen molar-refractivity contribution in [3.63, 3.8) is 0 Å². The minimum Gasteiger partial charge on any atom is -0.383 e. The second-order valence-corrected chi connectivity index (χ2v) is 5.49. The van der Waals surface area contributed by atoms with Gasteiger partial charge in [0.25, 0.3) is 5.69 Å². The summed E-state index contributed by atoms with van der Waals surface area (Å²) in [5.74, 6) is 0. The van der Waals surface area contributed by atoms with Gasteiger partial charge < -0.3 is 10.1 Å². The van der Waals surface area contributed by atoms with Crippen molar-refractivity contribution >= 4 is 11.4 Å². The monoisotopic (exact) mass is 304 g/mol. The Bertz CT molecular complexity index is 585. The smallest absolute Gasteiger partial charge is 0.287 e. The molecule has 0 spiro atoms. The van der Waals surface area contributed by atoms with Crippen molar-refractivity contribution in [2.75, 3.05) is 31.6 Å². The van der Waals surface area contributed by atoms with E-state index in [2.05, 4.69) is 24.1 Å². The van der Waals surface area contributed by atoms with Gasteiger partial charge in [0.05, 0.1) is 18.1 Å². The molecule has 1 fully saturated rings. The summed E-state index contributed by atoms with van der Waals surface area (Å²) in [7, 11) is 0. The number of ether oxygens (including phenoxy) is 1. The molecule has 2 atom stereocenters. The highest BCUT2D eigenvalue weighted by Gasteiger charge is 2.23. The number of nitriles is 1. The summed E-state index contributed by atoms with van der Waals surface area (Å²) in [6, 6.07) is 7.06. The maximum absolute atomic E-state index is 10.8. The second-order valence-electron chi connectivity index (χ2n) is 5.49. The first kappa shape index (κ1) is 16.2. The lowest BCUT2D eigenvalue weighted by Crippen LogP contribution is -2.50. The van der Waals surface area contributed by atoms with Gasteiger partial charge in [-0.15, -0.1) is 0 Å². The Balaban J connectivity index is 1.99. The van der Waals surface area contributed by atoms with E-state index in [1.165, 1.54) is 12.1 Å². The minimum atomic E-state index is -0.541. The molecule has 1 aliphatic heterocycles. The number of nitro benzene ring substituents is 1. The molecule has 22 heavy (non-hydrogen) atoms. The van der Waals surface area contributed by atoms with Crippen molar-refractivity contribution in [1.82, 2.24) is 4.90 Å². The first-order valence-electron chi connectivity index (χ1n) is 7.29. The van der Waals surface area contributed by atoms with Crippen LogP contribution in [-0.2, 0) is 4.74 Å². The third kappa shape index (κ3) is 3.72. The maximum Gasteiger partial charge on any atom is 0.287 e. The zero-order chi connectivity index (χ0) is 16.1. The van der Waals surface area contributed by atoms with Crippen LogP contribution in [0.25, 0.3) is 0 Å². The molecule has 0 amide bonds. The lowest BCUT2D eigenvalue weighted by molar-refractivity contribution is -0.385. The molecule has 1 N–H and O–H groups in total. The van der Waals surface area contributed by atoms with Crippen molar-refractivity contribution in [2.24, 2.45) is 0 Å². The molecule has 7 nitrogen and oxygen atoms in total. The summed E-state index contributed by atoms with van der Waals surface area (Å²) in [4.78, 5) is 12.6. The van der Waals surface area contributed by atoms with E-state index in [1.807, 2.05) is 6.07 Å². The van der Waals surface area contributed by atoms with E-state index >= 15 is 0 Å². The van der Waals surface area contributed by atoms with E-state index in [-0.39, 0.29) is 11.3 Å². The highest BCUT2D eigenvalue weighted by molar-refractivity contribution is 5.58. The van der Waals surface area contributed by atoms with Crippen LogP contribution in [-0.4, -0.2) is 48.2 Å². The van der Waals surface area contributed by atoms with Gasteiger partial charge in [0.15, 0.2) is 0 Å². The molecule has 1 aromatic carbocycles. The predicted molar refractivity (Wildman–Crippen MR) is 82.8 cm³/mol. The number of nitrogens with one attached hydrogen (secondary N) is 1. The molecule has 0 saturated carbocycles. The quantitative estimate of drug-likeness (QED) is 0.660. The summed E-state index contributed by atoms with van der Waals surface area (Å²) in [5, 5.41) is 23.1. The molecule has 0 radical (unpaired) electrons. The van der Waals surface area contributed by atoms with Gasteiger partial charge >= 0.3 is 0 Å². The Hall–Kier alpha value is -2.17. The number of anilines is 1. The van der Waals surface area contributed by atoms with Crippen LogP contribution in [0.2, 0.25) is 0 Å². The third-order valence-electron chi connectivity index (χ3n) is 3.90. The van der Waals surface area contributed by atoms with Crippen LogP contribution in [0.3, 0.4) is 0 Å². The highest BCUT2D eigenvalue weighted by atomic mass is 16.6. The molecule has 0 unspecified atom stereocenters. The van der Waals surface area contributed by atoms with E-state index in [0.717, 1.165) is 25.4 Å². The summed E-state index contributed by atoms with van der Waals surface area (Å²) < 4.78 is 5.43. The van der Waals surface area contributed by atoms with Crippen LogP contribution in [0.15, 0.2) is 18.2 Å². The Morgan fingerprint density at radius 1 is 1.64 bits per heavy atom. The van der Waals surface area contributed by atoms with Gasteiger partial charge in [0.2, 0.25) is 0 Å². The van der Waals surface area contributed by atoms with Gasteiger partial charge in [0.1, 0.15) is 11.6 Å². The second kappa shape index (κ2) is 7.20. The summed E-state index contributed by atoms with van der Waals surface area (Å²) in [5.41, 5.74) is 0.625. The fraction of sp³-hybridized carbons (Fsp3) is 0.533. The largest absolute Gasteiger partial charge is 0.383 e. The van der Waals surface area contributed by atoms with Crippen LogP contribution in [0.5, 0.6) is 0 Å². The van der Waals surface area contributed by atoms with E-state index in [1.54, 1.807) is 6.07 Å². The van der Waals surface area contributed by atoms with Crippen LogP contribution in [0.4, 0.5) is 11.4 Å². The number of benzene rings is 1. The lowest BCUT2D eigenvalue weighted by Gasteiger charge is -2.38. The summed E-state index contributed by atoms with van der Waals surface area (Å²) in [6.45, 7) is 7.34. The summed E-state index contributed by atoms with van der Waals surface area (Å²) >= 11 is 0. The standard InChI is InChI=1S/C15H20N4O3/c1-11(18-5-6-22-10-12(18)2)9-17-14-3-4-15(19(20)21)13(7-14)8-16/h3-4,7,11-12,17H,5-6,9-10H2,1-2H3/t11-,12-/m1/s1. The normalized spacial score (nSPS) is 20.1. The number of hydrogen-bond donors (Lipinski definition) is 1. The average molecular weight is 304 g/mol. The molecule has 118 valence electrons. The van der Waals surface area contributed by atoms with Gasteiger partial charge in [-0.05, 0) is 26.0 Å². The number of rotatable bonds is 5. The van der Waals surface area contributed by atoms with Gasteiger partial charge in [-0.3, -0.25) is 15.0 Å². The topological polar surface area (TPSA) is 91.4 Å². The van der Waals surface area contributed by atoms with Crippen LogP contribution in [0.1, 0.15) is 19.4 Å².